The summed E-state index contributed by atoms with van der Waals surface area (Å²) >= 11 is 0. The number of alkyl halides is 2. The number of anilines is 1. The zero-order chi connectivity index (χ0) is 20.4. The van der Waals surface area contributed by atoms with Gasteiger partial charge in [0.2, 0.25) is 0 Å². The van der Waals surface area contributed by atoms with Crippen LogP contribution in [0.15, 0.2) is 24.3 Å². The molecule has 0 radical (unpaired) electrons. The summed E-state index contributed by atoms with van der Waals surface area (Å²) in [6.45, 7) is -3.14. The Hall–Kier alpha value is -2.81. The number of amides is 1. The maximum atomic E-state index is 13.8. The molecule has 1 saturated carbocycles. The molecule has 0 atom stereocenters. The highest BCUT2D eigenvalue weighted by atomic mass is 19.3. The first-order valence-electron chi connectivity index (χ1n) is 8.64. The lowest BCUT2D eigenvalue weighted by molar-refractivity contribution is -0.0546. The molecular weight excluding hydrogens is 378 g/mol. The third-order valence-electron chi connectivity index (χ3n) is 4.62. The molecule has 3 rings (SSSR count). The third-order valence-corrected chi connectivity index (χ3v) is 4.62. The summed E-state index contributed by atoms with van der Waals surface area (Å²) in [6.07, 6.45) is 2.05. The summed E-state index contributed by atoms with van der Waals surface area (Å²) in [5.74, 6) is -4.41. The first-order chi connectivity index (χ1) is 13.3. The molecule has 28 heavy (non-hydrogen) atoms. The highest BCUT2D eigenvalue weighted by molar-refractivity contribution is 5.94. The fraction of sp³-hybridized carbons (Fsp3) is 0.316. The van der Waals surface area contributed by atoms with Crippen molar-refractivity contribution < 1.29 is 27.1 Å². The van der Waals surface area contributed by atoms with Crippen molar-refractivity contribution in [3.63, 3.8) is 0 Å². The van der Waals surface area contributed by atoms with Crippen LogP contribution in [0.4, 0.5) is 23.2 Å². The van der Waals surface area contributed by atoms with Crippen molar-refractivity contribution in [2.45, 2.75) is 38.5 Å². The van der Waals surface area contributed by atoms with Crippen molar-refractivity contribution in [2.75, 3.05) is 5.73 Å². The normalized spacial score (nSPS) is 13.6. The number of ether oxygens (including phenoxy) is 1. The molecule has 0 aliphatic heterocycles. The quantitative estimate of drug-likeness (QED) is 0.493. The fourth-order valence-corrected chi connectivity index (χ4v) is 3.12. The van der Waals surface area contributed by atoms with Crippen LogP contribution < -0.4 is 21.5 Å². The van der Waals surface area contributed by atoms with Gasteiger partial charge in [0, 0.05) is 24.3 Å². The minimum Gasteiger partial charge on any atom is -0.429 e. The van der Waals surface area contributed by atoms with E-state index in [1.807, 2.05) is 6.07 Å². The van der Waals surface area contributed by atoms with Crippen LogP contribution in [0.5, 0.6) is 5.75 Å². The summed E-state index contributed by atoms with van der Waals surface area (Å²) < 4.78 is 55.9. The number of carbonyl (C=O) groups is 1. The molecule has 5 N–H and O–H groups in total. The largest absolute Gasteiger partial charge is 0.429 e. The molecule has 0 heterocycles. The molecule has 150 valence electrons. The molecule has 1 fully saturated rings. The summed E-state index contributed by atoms with van der Waals surface area (Å²) in [6, 6.07) is 4.94. The Kier molecular flexibility index (Phi) is 5.73. The summed E-state index contributed by atoms with van der Waals surface area (Å²) in [7, 11) is 0. The van der Waals surface area contributed by atoms with Gasteiger partial charge in [-0.15, -0.1) is 0 Å². The number of carbonyl (C=O) groups excluding carboxylic acids is 1. The van der Waals surface area contributed by atoms with Gasteiger partial charge in [-0.2, -0.15) is 8.78 Å². The Bertz CT molecular complexity index is 878. The van der Waals surface area contributed by atoms with E-state index in [9.17, 15) is 22.4 Å². The number of rotatable bonds is 7. The Labute approximate surface area is 158 Å². The second-order valence-corrected chi connectivity index (χ2v) is 6.51. The number of hydrogen-bond donors (Lipinski definition) is 3. The SMILES string of the molecule is NCc1c(N)ccc(C2CC2)c1CNC(=O)c1cc(F)c(OC(F)F)c(F)c1. The highest BCUT2D eigenvalue weighted by Crippen LogP contribution is 2.43. The number of benzene rings is 2. The van der Waals surface area contributed by atoms with Gasteiger partial charge >= 0.3 is 6.61 Å². The average molecular weight is 397 g/mol. The van der Waals surface area contributed by atoms with Gasteiger partial charge in [-0.3, -0.25) is 4.79 Å². The molecule has 1 amide bonds. The van der Waals surface area contributed by atoms with Gasteiger partial charge in [0.15, 0.2) is 17.4 Å². The Balaban J connectivity index is 1.81. The van der Waals surface area contributed by atoms with Gasteiger partial charge < -0.3 is 21.5 Å². The number of nitrogens with one attached hydrogen (secondary N) is 1. The van der Waals surface area contributed by atoms with Crippen molar-refractivity contribution >= 4 is 11.6 Å². The minimum atomic E-state index is -3.39. The van der Waals surface area contributed by atoms with Crippen LogP contribution in [-0.4, -0.2) is 12.5 Å². The monoisotopic (exact) mass is 397 g/mol. The van der Waals surface area contributed by atoms with Crippen molar-refractivity contribution in [3.8, 4) is 5.75 Å². The van der Waals surface area contributed by atoms with Gasteiger partial charge in [-0.25, -0.2) is 8.78 Å². The van der Waals surface area contributed by atoms with Gasteiger partial charge in [0.25, 0.3) is 5.91 Å². The van der Waals surface area contributed by atoms with E-state index in [0.29, 0.717) is 29.3 Å². The van der Waals surface area contributed by atoms with E-state index >= 15 is 0 Å². The van der Waals surface area contributed by atoms with Crippen LogP contribution in [0, 0.1) is 11.6 Å². The second-order valence-electron chi connectivity index (χ2n) is 6.51. The van der Waals surface area contributed by atoms with E-state index in [2.05, 4.69) is 10.1 Å². The van der Waals surface area contributed by atoms with Crippen LogP contribution in [0.1, 0.15) is 45.8 Å². The molecule has 0 saturated heterocycles. The van der Waals surface area contributed by atoms with E-state index in [-0.39, 0.29) is 18.7 Å². The predicted molar refractivity (Wildman–Crippen MR) is 94.9 cm³/mol. The molecular formula is C19H19F4N3O2. The van der Waals surface area contributed by atoms with Crippen LogP contribution >= 0.6 is 0 Å². The highest BCUT2D eigenvalue weighted by Gasteiger charge is 2.28. The van der Waals surface area contributed by atoms with Crippen molar-refractivity contribution in [3.05, 3.63) is 58.2 Å². The topological polar surface area (TPSA) is 90.4 Å². The van der Waals surface area contributed by atoms with E-state index in [4.69, 9.17) is 11.5 Å². The molecule has 0 aromatic heterocycles. The summed E-state index contributed by atoms with van der Waals surface area (Å²) in [5, 5.41) is 2.58. The second kappa shape index (κ2) is 8.05. The van der Waals surface area contributed by atoms with Gasteiger partial charge in [0.1, 0.15) is 0 Å². The lowest BCUT2D eigenvalue weighted by atomic mass is 9.96. The first-order valence-corrected chi connectivity index (χ1v) is 8.64. The maximum absolute atomic E-state index is 13.8. The lowest BCUT2D eigenvalue weighted by Gasteiger charge is -2.17. The molecule has 1 aliphatic rings. The van der Waals surface area contributed by atoms with Gasteiger partial charge in [-0.05, 0) is 53.6 Å². The number of halogens is 4. The van der Waals surface area contributed by atoms with E-state index in [0.717, 1.165) is 24.0 Å². The first kappa shape index (κ1) is 19.9. The summed E-state index contributed by atoms with van der Waals surface area (Å²) in [4.78, 5) is 12.3. The molecule has 2 aromatic carbocycles. The lowest BCUT2D eigenvalue weighted by Crippen LogP contribution is -2.25. The van der Waals surface area contributed by atoms with E-state index < -0.39 is 29.9 Å². The molecule has 5 nitrogen and oxygen atoms in total. The number of nitrogens with two attached hydrogens (primary N) is 2. The standard InChI is InChI=1S/C19H19F4N3O2/c20-14-5-10(6-15(21)17(14)28-19(22)23)18(27)26-8-13-11(9-1-2-9)3-4-16(25)12(13)7-24/h3-6,9,19H,1-2,7-8,24-25H2,(H,26,27). The zero-order valence-electron chi connectivity index (χ0n) is 14.8. The smallest absolute Gasteiger partial charge is 0.387 e. The maximum Gasteiger partial charge on any atom is 0.387 e. The third kappa shape index (κ3) is 4.19. The van der Waals surface area contributed by atoms with Crippen molar-refractivity contribution in [2.24, 2.45) is 5.73 Å². The molecule has 9 heteroatoms. The molecule has 0 spiro atoms. The molecule has 1 aliphatic carbocycles. The van der Waals surface area contributed by atoms with Gasteiger partial charge in [-0.1, -0.05) is 6.07 Å². The molecule has 2 aromatic rings. The van der Waals surface area contributed by atoms with Crippen LogP contribution in [0.25, 0.3) is 0 Å². The van der Waals surface area contributed by atoms with E-state index in [1.54, 1.807) is 6.07 Å². The Morgan fingerprint density at radius 1 is 1.18 bits per heavy atom. The minimum absolute atomic E-state index is 0.0702. The van der Waals surface area contributed by atoms with Crippen LogP contribution in [0.2, 0.25) is 0 Å². The number of hydrogen-bond acceptors (Lipinski definition) is 4. The predicted octanol–water partition coefficient (Wildman–Crippen LogP) is 3.41. The summed E-state index contributed by atoms with van der Waals surface area (Å²) in [5.41, 5.74) is 14.4. The van der Waals surface area contributed by atoms with Crippen LogP contribution in [0.3, 0.4) is 0 Å². The van der Waals surface area contributed by atoms with Gasteiger partial charge in [0.05, 0.1) is 0 Å². The van der Waals surface area contributed by atoms with Crippen molar-refractivity contribution in [1.29, 1.82) is 0 Å². The molecule has 0 bridgehead atoms. The average Bonchev–Trinajstić information content (AvgIpc) is 3.47. The van der Waals surface area contributed by atoms with E-state index in [1.165, 1.54) is 0 Å². The fourth-order valence-electron chi connectivity index (χ4n) is 3.12. The van der Waals surface area contributed by atoms with Crippen molar-refractivity contribution in [1.82, 2.24) is 5.32 Å². The Morgan fingerprint density at radius 2 is 1.82 bits per heavy atom. The zero-order valence-corrected chi connectivity index (χ0v) is 14.8. The number of nitrogen functional groups attached to an aromatic ring is 1. The molecule has 0 unspecified atom stereocenters. The Morgan fingerprint density at radius 3 is 2.36 bits per heavy atom. The van der Waals surface area contributed by atoms with Crippen LogP contribution in [-0.2, 0) is 13.1 Å².